The van der Waals surface area contributed by atoms with E-state index < -0.39 is 34.9 Å². The third kappa shape index (κ3) is 4.84. The molecule has 0 radical (unpaired) electrons. The Labute approximate surface area is 267 Å². The van der Waals surface area contributed by atoms with Gasteiger partial charge in [0.2, 0.25) is 0 Å². The number of nitrogens with zero attached hydrogens (tertiary/aromatic N) is 1. The first-order valence-corrected chi connectivity index (χ1v) is 15.3. The summed E-state index contributed by atoms with van der Waals surface area (Å²) in [7, 11) is 0. The van der Waals surface area contributed by atoms with Gasteiger partial charge < -0.3 is 4.48 Å². The van der Waals surface area contributed by atoms with Crippen LogP contribution in [0.5, 0.6) is 0 Å². The van der Waals surface area contributed by atoms with Crippen molar-refractivity contribution in [2.24, 2.45) is 0 Å². The van der Waals surface area contributed by atoms with Crippen molar-refractivity contribution in [3.05, 3.63) is 166 Å². The highest BCUT2D eigenvalue weighted by Gasteiger charge is 2.39. The molecule has 0 unspecified atom stereocenters. The van der Waals surface area contributed by atoms with Crippen molar-refractivity contribution in [2.75, 3.05) is 0 Å². The largest absolute Gasteiger partial charge is 0.309 e. The van der Waals surface area contributed by atoms with Crippen LogP contribution in [0.2, 0.25) is 0 Å². The Morgan fingerprint density at radius 3 is 1.11 bits per heavy atom. The Morgan fingerprint density at radius 2 is 0.702 bits per heavy atom. The molecular formula is C40H26F6N+. The zero-order chi connectivity index (χ0) is 32.4. The van der Waals surface area contributed by atoms with E-state index in [2.05, 4.69) is 24.3 Å². The number of rotatable bonds is 2. The molecule has 0 saturated heterocycles. The molecule has 232 valence electrons. The molecule has 0 N–H and O–H groups in total. The maximum absolute atomic E-state index is 14.6. The van der Waals surface area contributed by atoms with Gasteiger partial charge in [-0.05, 0) is 68.8 Å². The average Bonchev–Trinajstić information content (AvgIpc) is 3.29. The molecule has 0 atom stereocenters. The normalized spacial score (nSPS) is 14.4. The Bertz CT molecular complexity index is 2040. The molecule has 7 heteroatoms. The van der Waals surface area contributed by atoms with Crippen LogP contribution in [-0.2, 0) is 26.2 Å². The minimum atomic E-state index is -1.53. The van der Waals surface area contributed by atoms with Gasteiger partial charge in [0.1, 0.15) is 26.2 Å². The second kappa shape index (κ2) is 11.0. The monoisotopic (exact) mass is 634 g/mol. The summed E-state index contributed by atoms with van der Waals surface area (Å²) in [6.07, 6.45) is 0. The van der Waals surface area contributed by atoms with Gasteiger partial charge in [0.05, 0.1) is 0 Å². The second-order valence-electron chi connectivity index (χ2n) is 12.5. The van der Waals surface area contributed by atoms with Crippen molar-refractivity contribution in [1.29, 1.82) is 0 Å². The first-order chi connectivity index (χ1) is 22.7. The van der Waals surface area contributed by atoms with Gasteiger partial charge in [0, 0.05) is 22.3 Å². The Kier molecular flexibility index (Phi) is 6.84. The van der Waals surface area contributed by atoms with Crippen molar-refractivity contribution in [3.63, 3.8) is 0 Å². The van der Waals surface area contributed by atoms with Crippen molar-refractivity contribution in [3.8, 4) is 44.5 Å². The highest BCUT2D eigenvalue weighted by Crippen LogP contribution is 2.47. The van der Waals surface area contributed by atoms with Gasteiger partial charge in [-0.15, -0.1) is 0 Å². The first kappa shape index (κ1) is 29.3. The average molecular weight is 635 g/mol. The number of hydrogen-bond donors (Lipinski definition) is 0. The molecule has 2 aliphatic rings. The van der Waals surface area contributed by atoms with Crippen LogP contribution in [0.4, 0.5) is 26.3 Å². The SMILES string of the molecule is Fc1cc(-c2cccc3c2C[N+]2(Cc4ccccc4-c4ccccc4C2)Cc2c(-c4cc(F)c(F)c(F)c4)cccc2-3)cc(F)c1F. The van der Waals surface area contributed by atoms with Crippen LogP contribution < -0.4 is 0 Å². The first-order valence-electron chi connectivity index (χ1n) is 15.3. The lowest BCUT2D eigenvalue weighted by atomic mass is 9.88. The molecule has 1 spiro atoms. The van der Waals surface area contributed by atoms with E-state index >= 15 is 0 Å². The summed E-state index contributed by atoms with van der Waals surface area (Å²) in [4.78, 5) is 0. The van der Waals surface area contributed by atoms with Crippen LogP contribution in [0.1, 0.15) is 22.3 Å². The van der Waals surface area contributed by atoms with Gasteiger partial charge in [0.15, 0.2) is 34.9 Å². The van der Waals surface area contributed by atoms with Crippen LogP contribution in [0.25, 0.3) is 44.5 Å². The molecule has 0 bridgehead atoms. The Morgan fingerprint density at radius 1 is 0.362 bits per heavy atom. The Hall–Kier alpha value is -5.14. The topological polar surface area (TPSA) is 0 Å². The summed E-state index contributed by atoms with van der Waals surface area (Å²) in [6, 6.07) is 31.4. The molecule has 2 aliphatic heterocycles. The standard InChI is InChI=1S/C40H26F6N/c41-35-15-25(16-36(42)39(35)45)29-11-5-13-31-32-14-6-12-30(26-17-37(43)40(46)38(44)18-26)34(32)22-47(21-33(29)31)19-23-7-1-3-9-27(23)28-10-4-2-8-24(28)20-47/h1-18H,19-22H2/q+1. The predicted molar refractivity (Wildman–Crippen MR) is 169 cm³/mol. The molecule has 0 fully saturated rings. The van der Waals surface area contributed by atoms with Crippen molar-refractivity contribution in [2.45, 2.75) is 26.2 Å². The number of fused-ring (bicyclic) bond motifs is 6. The van der Waals surface area contributed by atoms with Gasteiger partial charge in [-0.3, -0.25) is 0 Å². The van der Waals surface area contributed by atoms with Crippen LogP contribution in [0.15, 0.2) is 109 Å². The number of benzene rings is 6. The van der Waals surface area contributed by atoms with Crippen molar-refractivity contribution < 1.29 is 30.8 Å². The minimum absolute atomic E-state index is 0.203. The van der Waals surface area contributed by atoms with E-state index in [1.54, 1.807) is 24.3 Å². The van der Waals surface area contributed by atoms with Crippen LogP contribution >= 0.6 is 0 Å². The summed E-state index contributed by atoms with van der Waals surface area (Å²) < 4.78 is 87.2. The summed E-state index contributed by atoms with van der Waals surface area (Å²) in [6.45, 7) is 2.00. The van der Waals surface area contributed by atoms with E-state index in [1.165, 1.54) is 0 Å². The molecule has 0 amide bonds. The molecule has 0 aliphatic carbocycles. The van der Waals surface area contributed by atoms with Crippen LogP contribution in [-0.4, -0.2) is 4.48 Å². The zero-order valence-corrected chi connectivity index (χ0v) is 24.9. The lowest BCUT2D eigenvalue weighted by Crippen LogP contribution is -2.44. The summed E-state index contributed by atoms with van der Waals surface area (Å²) in [5, 5.41) is 0. The van der Waals surface area contributed by atoms with Crippen LogP contribution in [0, 0.1) is 34.9 Å². The number of quaternary nitrogens is 1. The quantitative estimate of drug-likeness (QED) is 0.101. The van der Waals surface area contributed by atoms with E-state index in [4.69, 9.17) is 0 Å². The van der Waals surface area contributed by atoms with E-state index in [0.717, 1.165) is 68.8 Å². The molecule has 6 aromatic rings. The Balaban J connectivity index is 1.43. The lowest BCUT2D eigenvalue weighted by Gasteiger charge is -2.38. The third-order valence-electron chi connectivity index (χ3n) is 9.56. The molecule has 0 saturated carbocycles. The molecule has 0 aromatic heterocycles. The summed E-state index contributed by atoms with van der Waals surface area (Å²) in [5.74, 6) is -8.19. The molecule has 2 heterocycles. The highest BCUT2D eigenvalue weighted by molar-refractivity contribution is 5.84. The molecule has 47 heavy (non-hydrogen) atoms. The van der Waals surface area contributed by atoms with Crippen molar-refractivity contribution in [1.82, 2.24) is 0 Å². The molecule has 1 nitrogen and oxygen atoms in total. The van der Waals surface area contributed by atoms with Gasteiger partial charge >= 0.3 is 0 Å². The van der Waals surface area contributed by atoms with Crippen LogP contribution in [0.3, 0.4) is 0 Å². The molecule has 6 aromatic carbocycles. The zero-order valence-electron chi connectivity index (χ0n) is 24.9. The summed E-state index contributed by atoms with van der Waals surface area (Å²) >= 11 is 0. The fourth-order valence-electron chi connectivity index (χ4n) is 7.55. The van der Waals surface area contributed by atoms with Gasteiger partial charge in [-0.2, -0.15) is 0 Å². The fraction of sp³-hybridized carbons (Fsp3) is 0.100. The fourth-order valence-corrected chi connectivity index (χ4v) is 7.55. The third-order valence-corrected chi connectivity index (χ3v) is 9.56. The lowest BCUT2D eigenvalue weighted by molar-refractivity contribution is -0.977. The molecule has 8 rings (SSSR count). The highest BCUT2D eigenvalue weighted by atomic mass is 19.2. The van der Waals surface area contributed by atoms with Gasteiger partial charge in [0.25, 0.3) is 0 Å². The maximum Gasteiger partial charge on any atom is 0.194 e. The van der Waals surface area contributed by atoms with E-state index in [-0.39, 0.29) is 11.1 Å². The number of hydrogen-bond acceptors (Lipinski definition) is 0. The van der Waals surface area contributed by atoms with E-state index in [9.17, 15) is 26.3 Å². The second-order valence-corrected chi connectivity index (χ2v) is 12.5. The van der Waals surface area contributed by atoms with Gasteiger partial charge in [-0.1, -0.05) is 84.9 Å². The summed E-state index contributed by atoms with van der Waals surface area (Å²) in [5.41, 5.74) is 9.13. The van der Waals surface area contributed by atoms with E-state index in [1.807, 2.05) is 36.4 Å². The molecular weight excluding hydrogens is 608 g/mol. The van der Waals surface area contributed by atoms with E-state index in [0.29, 0.717) is 41.8 Å². The van der Waals surface area contributed by atoms with Crippen molar-refractivity contribution >= 4 is 0 Å². The maximum atomic E-state index is 14.6. The predicted octanol–water partition coefficient (Wildman–Crippen LogP) is 10.7. The smallest absolute Gasteiger partial charge is 0.194 e. The minimum Gasteiger partial charge on any atom is -0.309 e. The number of halogens is 6. The van der Waals surface area contributed by atoms with Gasteiger partial charge in [-0.25, -0.2) is 26.3 Å².